The fourth-order valence-electron chi connectivity index (χ4n) is 3.70. The molecule has 0 radical (unpaired) electrons. The zero-order chi connectivity index (χ0) is 14.2. The van der Waals surface area contributed by atoms with Gasteiger partial charge >= 0.3 is 0 Å². The standard InChI is InChI=1S/C16H31N3O/c17-11-7-13-19(14-8-3-1-2-4-9-14)15-10-5-6-12-18-16(15)20/h14-15H,1-13,17H2,(H,18,20). The second-order valence-electron chi connectivity index (χ2n) is 6.33. The van der Waals surface area contributed by atoms with Crippen LogP contribution in [0.2, 0.25) is 0 Å². The van der Waals surface area contributed by atoms with Crippen LogP contribution in [0.15, 0.2) is 0 Å². The highest BCUT2D eigenvalue weighted by atomic mass is 16.2. The molecule has 1 amide bonds. The minimum Gasteiger partial charge on any atom is -0.355 e. The maximum atomic E-state index is 12.4. The predicted molar refractivity (Wildman–Crippen MR) is 82.5 cm³/mol. The van der Waals surface area contributed by atoms with Crippen molar-refractivity contribution in [2.75, 3.05) is 19.6 Å². The van der Waals surface area contributed by atoms with E-state index in [1.807, 2.05) is 0 Å². The Morgan fingerprint density at radius 1 is 1.05 bits per heavy atom. The van der Waals surface area contributed by atoms with Crippen LogP contribution in [0.25, 0.3) is 0 Å². The highest BCUT2D eigenvalue weighted by Crippen LogP contribution is 2.26. The van der Waals surface area contributed by atoms with Crippen molar-refractivity contribution in [2.24, 2.45) is 5.73 Å². The number of rotatable bonds is 5. The van der Waals surface area contributed by atoms with E-state index in [1.54, 1.807) is 0 Å². The lowest BCUT2D eigenvalue weighted by molar-refractivity contribution is -0.127. The lowest BCUT2D eigenvalue weighted by atomic mass is 10.0. The molecule has 1 atom stereocenters. The van der Waals surface area contributed by atoms with Crippen molar-refractivity contribution >= 4 is 5.91 Å². The molecular weight excluding hydrogens is 250 g/mol. The van der Waals surface area contributed by atoms with Gasteiger partial charge in [0.05, 0.1) is 6.04 Å². The molecule has 0 aromatic carbocycles. The quantitative estimate of drug-likeness (QED) is 0.758. The van der Waals surface area contributed by atoms with Crippen molar-refractivity contribution in [1.29, 1.82) is 0 Å². The average molecular weight is 281 g/mol. The topological polar surface area (TPSA) is 58.4 Å². The van der Waals surface area contributed by atoms with Gasteiger partial charge in [0, 0.05) is 19.1 Å². The third kappa shape index (κ3) is 4.45. The van der Waals surface area contributed by atoms with Gasteiger partial charge in [0.1, 0.15) is 0 Å². The van der Waals surface area contributed by atoms with Gasteiger partial charge in [-0.3, -0.25) is 9.69 Å². The average Bonchev–Trinajstić information content (AvgIpc) is 2.83. The van der Waals surface area contributed by atoms with E-state index in [9.17, 15) is 4.79 Å². The van der Waals surface area contributed by atoms with Gasteiger partial charge in [0.25, 0.3) is 0 Å². The van der Waals surface area contributed by atoms with Gasteiger partial charge in [0.15, 0.2) is 0 Å². The maximum absolute atomic E-state index is 12.4. The molecule has 116 valence electrons. The van der Waals surface area contributed by atoms with Gasteiger partial charge in [-0.2, -0.15) is 0 Å². The van der Waals surface area contributed by atoms with Crippen LogP contribution in [-0.2, 0) is 4.79 Å². The fraction of sp³-hybridized carbons (Fsp3) is 0.938. The number of hydrogen-bond donors (Lipinski definition) is 2. The van der Waals surface area contributed by atoms with Crippen LogP contribution in [0.1, 0.15) is 64.2 Å². The monoisotopic (exact) mass is 281 g/mol. The molecular formula is C16H31N3O. The van der Waals surface area contributed by atoms with E-state index in [4.69, 9.17) is 5.73 Å². The molecule has 1 aliphatic heterocycles. The van der Waals surface area contributed by atoms with Gasteiger partial charge < -0.3 is 11.1 Å². The summed E-state index contributed by atoms with van der Waals surface area (Å²) >= 11 is 0. The number of amides is 1. The number of hydrogen-bond acceptors (Lipinski definition) is 3. The molecule has 4 nitrogen and oxygen atoms in total. The van der Waals surface area contributed by atoms with Gasteiger partial charge in [-0.25, -0.2) is 0 Å². The summed E-state index contributed by atoms with van der Waals surface area (Å²) in [5, 5.41) is 3.09. The Balaban J connectivity index is 2.05. The first-order chi connectivity index (χ1) is 9.83. The summed E-state index contributed by atoms with van der Waals surface area (Å²) in [5.74, 6) is 0.253. The Morgan fingerprint density at radius 2 is 1.75 bits per heavy atom. The lowest BCUT2D eigenvalue weighted by Gasteiger charge is -2.36. The first kappa shape index (κ1) is 15.8. The van der Waals surface area contributed by atoms with E-state index in [1.165, 1.54) is 38.5 Å². The second-order valence-corrected chi connectivity index (χ2v) is 6.33. The van der Waals surface area contributed by atoms with Crippen LogP contribution < -0.4 is 11.1 Å². The van der Waals surface area contributed by atoms with E-state index in [2.05, 4.69) is 10.2 Å². The van der Waals surface area contributed by atoms with Crippen LogP contribution in [0.4, 0.5) is 0 Å². The summed E-state index contributed by atoms with van der Waals surface area (Å²) in [6.45, 7) is 2.56. The van der Waals surface area contributed by atoms with Crippen LogP contribution in [0.3, 0.4) is 0 Å². The first-order valence-corrected chi connectivity index (χ1v) is 8.56. The molecule has 2 aliphatic rings. The smallest absolute Gasteiger partial charge is 0.237 e. The van der Waals surface area contributed by atoms with Gasteiger partial charge in [-0.1, -0.05) is 25.7 Å². The van der Waals surface area contributed by atoms with Crippen molar-refractivity contribution in [3.05, 3.63) is 0 Å². The van der Waals surface area contributed by atoms with Gasteiger partial charge in [0.2, 0.25) is 5.91 Å². The summed E-state index contributed by atoms with van der Waals surface area (Å²) in [4.78, 5) is 14.9. The molecule has 1 saturated heterocycles. The van der Waals surface area contributed by atoms with Crippen molar-refractivity contribution in [1.82, 2.24) is 10.2 Å². The van der Waals surface area contributed by atoms with E-state index in [0.29, 0.717) is 6.04 Å². The summed E-state index contributed by atoms with van der Waals surface area (Å²) in [5.41, 5.74) is 5.71. The number of nitrogens with one attached hydrogen (secondary N) is 1. The molecule has 1 unspecified atom stereocenters. The van der Waals surface area contributed by atoms with E-state index in [-0.39, 0.29) is 11.9 Å². The molecule has 4 heteroatoms. The van der Waals surface area contributed by atoms with E-state index in [0.717, 1.165) is 45.3 Å². The Labute approximate surface area is 123 Å². The largest absolute Gasteiger partial charge is 0.355 e. The molecule has 1 saturated carbocycles. The Kier molecular flexibility index (Phi) is 6.80. The molecule has 20 heavy (non-hydrogen) atoms. The number of carbonyl (C=O) groups is 1. The SMILES string of the molecule is NCCCN(C1CCCCCC1)C1CCCCNC1=O. The highest BCUT2D eigenvalue weighted by molar-refractivity contribution is 5.82. The summed E-state index contributed by atoms with van der Waals surface area (Å²) in [6.07, 6.45) is 12.2. The van der Waals surface area contributed by atoms with E-state index < -0.39 is 0 Å². The number of carbonyl (C=O) groups excluding carboxylic acids is 1. The minimum atomic E-state index is 0.0900. The zero-order valence-electron chi connectivity index (χ0n) is 12.8. The molecule has 0 bridgehead atoms. The molecule has 0 aromatic heterocycles. The molecule has 1 heterocycles. The Morgan fingerprint density at radius 3 is 2.45 bits per heavy atom. The molecule has 2 rings (SSSR count). The Bertz CT molecular complexity index is 287. The number of nitrogens with zero attached hydrogens (tertiary/aromatic N) is 1. The van der Waals surface area contributed by atoms with Gasteiger partial charge in [-0.15, -0.1) is 0 Å². The normalized spacial score (nSPS) is 26.1. The van der Waals surface area contributed by atoms with Crippen LogP contribution >= 0.6 is 0 Å². The van der Waals surface area contributed by atoms with Crippen molar-refractivity contribution in [2.45, 2.75) is 76.3 Å². The minimum absolute atomic E-state index is 0.0900. The summed E-state index contributed by atoms with van der Waals surface area (Å²) in [7, 11) is 0. The van der Waals surface area contributed by atoms with Crippen LogP contribution in [0.5, 0.6) is 0 Å². The first-order valence-electron chi connectivity index (χ1n) is 8.56. The number of nitrogens with two attached hydrogens (primary N) is 1. The Hall–Kier alpha value is -0.610. The maximum Gasteiger partial charge on any atom is 0.237 e. The lowest BCUT2D eigenvalue weighted by Crippen LogP contribution is -2.51. The second kappa shape index (κ2) is 8.63. The van der Waals surface area contributed by atoms with Crippen LogP contribution in [0, 0.1) is 0 Å². The van der Waals surface area contributed by atoms with Crippen molar-refractivity contribution in [3.63, 3.8) is 0 Å². The van der Waals surface area contributed by atoms with Crippen LogP contribution in [-0.4, -0.2) is 42.5 Å². The van der Waals surface area contributed by atoms with Crippen molar-refractivity contribution in [3.8, 4) is 0 Å². The molecule has 1 aliphatic carbocycles. The summed E-state index contributed by atoms with van der Waals surface area (Å²) in [6, 6.07) is 0.685. The fourth-order valence-corrected chi connectivity index (χ4v) is 3.70. The van der Waals surface area contributed by atoms with Crippen molar-refractivity contribution < 1.29 is 4.79 Å². The molecule has 0 spiro atoms. The predicted octanol–water partition coefficient (Wildman–Crippen LogP) is 2.03. The van der Waals surface area contributed by atoms with Gasteiger partial charge in [-0.05, 0) is 45.1 Å². The molecule has 0 aromatic rings. The summed E-state index contributed by atoms with van der Waals surface area (Å²) < 4.78 is 0. The third-order valence-electron chi connectivity index (χ3n) is 4.82. The third-order valence-corrected chi connectivity index (χ3v) is 4.82. The molecule has 2 fully saturated rings. The highest BCUT2D eigenvalue weighted by Gasteiger charge is 2.31. The zero-order valence-corrected chi connectivity index (χ0v) is 12.8. The molecule has 3 N–H and O–H groups in total. The van der Waals surface area contributed by atoms with E-state index >= 15 is 0 Å².